The van der Waals surface area contributed by atoms with Crippen molar-refractivity contribution < 1.29 is 0 Å². The smallest absolute Gasteiger partial charge is 0.0338 e. The summed E-state index contributed by atoms with van der Waals surface area (Å²) in [4.78, 5) is 0.560. The predicted octanol–water partition coefficient (Wildman–Crippen LogP) is 4.48. The maximum absolute atomic E-state index is 3.66. The summed E-state index contributed by atoms with van der Waals surface area (Å²) in [6.07, 6.45) is 4.73. The predicted molar refractivity (Wildman–Crippen MR) is 61.9 cm³/mol. The van der Waals surface area contributed by atoms with Crippen LogP contribution in [-0.2, 0) is 0 Å². The van der Waals surface area contributed by atoms with E-state index in [1.165, 1.54) is 17.3 Å². The van der Waals surface area contributed by atoms with Gasteiger partial charge in [0.05, 0.1) is 0 Å². The standard InChI is InChI=1S/C10H16Br2/c1-10(2,3)7-4-8(11)6-9(12)5-7/h6-8H,4-5H2,1-3H3. The highest BCUT2D eigenvalue weighted by molar-refractivity contribution is 9.12. The molecule has 1 aliphatic carbocycles. The zero-order valence-electron chi connectivity index (χ0n) is 7.90. The van der Waals surface area contributed by atoms with Gasteiger partial charge in [0.2, 0.25) is 0 Å². The first-order valence-corrected chi connectivity index (χ1v) is 6.10. The molecule has 0 aromatic rings. The van der Waals surface area contributed by atoms with E-state index in [0.29, 0.717) is 10.2 Å². The van der Waals surface area contributed by atoms with Crippen molar-refractivity contribution >= 4 is 31.9 Å². The van der Waals surface area contributed by atoms with E-state index >= 15 is 0 Å². The number of hydrogen-bond acceptors (Lipinski definition) is 0. The maximum Gasteiger partial charge on any atom is 0.0338 e. The minimum Gasteiger partial charge on any atom is -0.0845 e. The molecule has 0 N–H and O–H groups in total. The summed E-state index contributed by atoms with van der Waals surface area (Å²) in [7, 11) is 0. The molecule has 0 saturated carbocycles. The number of allylic oxidation sites excluding steroid dienone is 2. The molecular weight excluding hydrogens is 280 g/mol. The summed E-state index contributed by atoms with van der Waals surface area (Å²) in [6, 6.07) is 0. The van der Waals surface area contributed by atoms with Gasteiger partial charge in [-0.2, -0.15) is 0 Å². The fraction of sp³-hybridized carbons (Fsp3) is 0.800. The van der Waals surface area contributed by atoms with Crippen LogP contribution in [0.5, 0.6) is 0 Å². The Morgan fingerprint density at radius 1 is 1.42 bits per heavy atom. The lowest BCUT2D eigenvalue weighted by Gasteiger charge is -2.34. The minimum absolute atomic E-state index is 0.430. The van der Waals surface area contributed by atoms with Crippen molar-refractivity contribution in [1.82, 2.24) is 0 Å². The highest BCUT2D eigenvalue weighted by Crippen LogP contribution is 2.41. The third-order valence-electron chi connectivity index (χ3n) is 2.54. The summed E-state index contributed by atoms with van der Waals surface area (Å²) in [5.41, 5.74) is 0.430. The molecule has 0 fully saturated rings. The van der Waals surface area contributed by atoms with Crippen molar-refractivity contribution in [2.24, 2.45) is 11.3 Å². The quantitative estimate of drug-likeness (QED) is 0.578. The zero-order chi connectivity index (χ0) is 9.35. The Hall–Kier alpha value is 0.700. The Morgan fingerprint density at radius 2 is 2.00 bits per heavy atom. The van der Waals surface area contributed by atoms with Gasteiger partial charge < -0.3 is 0 Å². The van der Waals surface area contributed by atoms with Crippen LogP contribution in [0.2, 0.25) is 0 Å². The second-order valence-electron chi connectivity index (χ2n) is 4.63. The fourth-order valence-electron chi connectivity index (χ4n) is 1.58. The van der Waals surface area contributed by atoms with Gasteiger partial charge in [-0.15, -0.1) is 0 Å². The van der Waals surface area contributed by atoms with E-state index in [1.807, 2.05) is 0 Å². The number of hydrogen-bond donors (Lipinski definition) is 0. The highest BCUT2D eigenvalue weighted by atomic mass is 79.9. The van der Waals surface area contributed by atoms with Crippen molar-refractivity contribution in [1.29, 1.82) is 0 Å². The topological polar surface area (TPSA) is 0 Å². The van der Waals surface area contributed by atoms with Crippen LogP contribution in [0.25, 0.3) is 0 Å². The Labute approximate surface area is 92.1 Å². The lowest BCUT2D eigenvalue weighted by atomic mass is 9.74. The summed E-state index contributed by atoms with van der Waals surface area (Å²) < 4.78 is 1.36. The van der Waals surface area contributed by atoms with E-state index in [0.717, 1.165) is 5.92 Å². The molecule has 0 spiro atoms. The second kappa shape index (κ2) is 3.83. The Kier molecular flexibility index (Phi) is 3.44. The van der Waals surface area contributed by atoms with Crippen LogP contribution in [0.4, 0.5) is 0 Å². The molecule has 1 aliphatic rings. The van der Waals surface area contributed by atoms with E-state index in [4.69, 9.17) is 0 Å². The van der Waals surface area contributed by atoms with Gasteiger partial charge in [-0.25, -0.2) is 0 Å². The first-order chi connectivity index (χ1) is 5.39. The average Bonchev–Trinajstić information content (AvgIpc) is 1.82. The van der Waals surface area contributed by atoms with Crippen LogP contribution in [0.1, 0.15) is 33.6 Å². The Balaban J connectivity index is 2.68. The third-order valence-corrected chi connectivity index (χ3v) is 3.76. The van der Waals surface area contributed by atoms with E-state index in [9.17, 15) is 0 Å². The third kappa shape index (κ3) is 2.88. The van der Waals surface area contributed by atoms with Crippen molar-refractivity contribution in [2.75, 3.05) is 0 Å². The summed E-state index contributed by atoms with van der Waals surface area (Å²) in [5, 5.41) is 0. The monoisotopic (exact) mass is 294 g/mol. The van der Waals surface area contributed by atoms with Gasteiger partial charge in [-0.05, 0) is 28.7 Å². The molecule has 2 heteroatoms. The molecular formula is C10H16Br2. The van der Waals surface area contributed by atoms with E-state index < -0.39 is 0 Å². The molecule has 0 nitrogen and oxygen atoms in total. The van der Waals surface area contributed by atoms with Crippen molar-refractivity contribution in [3.8, 4) is 0 Å². The lowest BCUT2D eigenvalue weighted by molar-refractivity contribution is 0.225. The van der Waals surface area contributed by atoms with Crippen LogP contribution >= 0.6 is 31.9 Å². The zero-order valence-corrected chi connectivity index (χ0v) is 11.1. The largest absolute Gasteiger partial charge is 0.0845 e. The SMILES string of the molecule is CC(C)(C)C1CC(Br)=CC(Br)C1. The van der Waals surface area contributed by atoms with Crippen molar-refractivity contribution in [3.05, 3.63) is 10.6 Å². The van der Waals surface area contributed by atoms with Crippen LogP contribution in [-0.4, -0.2) is 4.83 Å². The van der Waals surface area contributed by atoms with Crippen LogP contribution in [0, 0.1) is 11.3 Å². The van der Waals surface area contributed by atoms with Crippen LogP contribution in [0.3, 0.4) is 0 Å². The van der Waals surface area contributed by atoms with Crippen LogP contribution < -0.4 is 0 Å². The molecule has 0 heterocycles. The van der Waals surface area contributed by atoms with Gasteiger partial charge in [0.1, 0.15) is 0 Å². The summed E-state index contributed by atoms with van der Waals surface area (Å²) in [6.45, 7) is 6.97. The molecule has 12 heavy (non-hydrogen) atoms. The van der Waals surface area contributed by atoms with E-state index in [-0.39, 0.29) is 0 Å². The van der Waals surface area contributed by atoms with Crippen LogP contribution in [0.15, 0.2) is 10.6 Å². The van der Waals surface area contributed by atoms with Gasteiger partial charge in [0.25, 0.3) is 0 Å². The summed E-state index contributed by atoms with van der Waals surface area (Å²) >= 11 is 7.25. The molecule has 0 saturated heterocycles. The van der Waals surface area contributed by atoms with Crippen molar-refractivity contribution in [2.45, 2.75) is 38.4 Å². The van der Waals surface area contributed by atoms with Gasteiger partial charge in [-0.1, -0.05) is 58.7 Å². The van der Waals surface area contributed by atoms with E-state index in [2.05, 4.69) is 58.7 Å². The second-order valence-corrected chi connectivity index (χ2v) is 6.83. The molecule has 2 unspecified atom stereocenters. The molecule has 0 bridgehead atoms. The molecule has 0 aromatic heterocycles. The Morgan fingerprint density at radius 3 is 2.42 bits per heavy atom. The maximum atomic E-state index is 3.66. The number of halogens is 2. The minimum atomic E-state index is 0.430. The molecule has 70 valence electrons. The van der Waals surface area contributed by atoms with Gasteiger partial charge in [-0.3, -0.25) is 0 Å². The summed E-state index contributed by atoms with van der Waals surface area (Å²) in [5.74, 6) is 0.793. The molecule has 0 amide bonds. The molecule has 2 atom stereocenters. The van der Waals surface area contributed by atoms with Gasteiger partial charge >= 0.3 is 0 Å². The lowest BCUT2D eigenvalue weighted by Crippen LogP contribution is -2.25. The molecule has 0 aliphatic heterocycles. The normalized spacial score (nSPS) is 31.6. The van der Waals surface area contributed by atoms with Crippen molar-refractivity contribution in [3.63, 3.8) is 0 Å². The number of alkyl halides is 1. The van der Waals surface area contributed by atoms with Gasteiger partial charge in [0.15, 0.2) is 0 Å². The highest BCUT2D eigenvalue weighted by Gasteiger charge is 2.29. The fourth-order valence-corrected chi connectivity index (χ4v) is 3.42. The average molecular weight is 296 g/mol. The number of rotatable bonds is 0. The van der Waals surface area contributed by atoms with Gasteiger partial charge in [0, 0.05) is 4.83 Å². The van der Waals surface area contributed by atoms with E-state index in [1.54, 1.807) is 0 Å². The molecule has 1 rings (SSSR count). The first-order valence-electron chi connectivity index (χ1n) is 4.40. The molecule has 0 radical (unpaired) electrons. The Bertz CT molecular complexity index is 189. The molecule has 0 aromatic carbocycles. The first kappa shape index (κ1) is 10.8.